The Morgan fingerprint density at radius 1 is 1.04 bits per heavy atom. The minimum absolute atomic E-state index is 0.0773. The molecule has 0 aliphatic rings. The minimum Gasteiger partial charge on any atom is -0.403 e. The Bertz CT molecular complexity index is 870. The molecular weight excluding hydrogens is 296 g/mol. The zero-order valence-corrected chi connectivity index (χ0v) is 14.4. The van der Waals surface area contributed by atoms with Crippen LogP contribution in [0.5, 0.6) is 0 Å². The average Bonchev–Trinajstić information content (AvgIpc) is 3.00. The monoisotopic (exact) mass is 320 g/mol. The van der Waals surface area contributed by atoms with Crippen LogP contribution in [0, 0.1) is 0 Å². The molecule has 0 bridgehead atoms. The van der Waals surface area contributed by atoms with E-state index < -0.39 is 0 Å². The zero-order chi connectivity index (χ0) is 17.3. The SMILES string of the molecule is CC(C)(C)c1cc2cc(N(N)/C(=C\N)c3ccccc3)ccc2[nH]1. The van der Waals surface area contributed by atoms with E-state index in [9.17, 15) is 0 Å². The number of fused-ring (bicyclic) bond motifs is 1. The number of benzene rings is 2. The van der Waals surface area contributed by atoms with Crippen LogP contribution in [0.1, 0.15) is 32.0 Å². The highest BCUT2D eigenvalue weighted by molar-refractivity contribution is 5.87. The lowest BCUT2D eigenvalue weighted by molar-refractivity contribution is 0.574. The molecule has 0 radical (unpaired) electrons. The standard InChI is InChI=1S/C20H24N4/c1-20(2,3)19-12-15-11-16(9-10-17(15)23-19)24(22)18(13-21)14-7-5-4-6-8-14/h4-13,23H,21-22H2,1-3H3/b18-13-. The topological polar surface area (TPSA) is 71.1 Å². The van der Waals surface area contributed by atoms with Crippen molar-refractivity contribution in [3.8, 4) is 0 Å². The normalized spacial score (nSPS) is 12.6. The molecule has 0 saturated heterocycles. The molecule has 3 aromatic rings. The van der Waals surface area contributed by atoms with Crippen LogP contribution in [0.25, 0.3) is 16.6 Å². The number of nitrogens with two attached hydrogens (primary N) is 2. The van der Waals surface area contributed by atoms with E-state index >= 15 is 0 Å². The molecule has 0 atom stereocenters. The second-order valence-electron chi connectivity index (χ2n) is 6.99. The highest BCUT2D eigenvalue weighted by atomic mass is 15.4. The number of nitrogens with zero attached hydrogens (tertiary/aromatic N) is 1. The molecule has 2 aromatic carbocycles. The molecule has 4 nitrogen and oxygen atoms in total. The van der Waals surface area contributed by atoms with E-state index in [1.54, 1.807) is 5.01 Å². The van der Waals surface area contributed by atoms with Crippen molar-refractivity contribution >= 4 is 22.3 Å². The van der Waals surface area contributed by atoms with Crippen LogP contribution < -0.4 is 16.6 Å². The molecule has 3 rings (SSSR count). The Balaban J connectivity index is 1.99. The summed E-state index contributed by atoms with van der Waals surface area (Å²) < 4.78 is 0. The summed E-state index contributed by atoms with van der Waals surface area (Å²) in [5.74, 6) is 6.34. The molecule has 0 fully saturated rings. The molecule has 0 spiro atoms. The zero-order valence-electron chi connectivity index (χ0n) is 14.4. The number of hydrogen-bond donors (Lipinski definition) is 3. The predicted octanol–water partition coefficient (Wildman–Crippen LogP) is 4.10. The summed E-state index contributed by atoms with van der Waals surface area (Å²) in [5.41, 5.74) is 10.9. The van der Waals surface area contributed by atoms with E-state index in [1.807, 2.05) is 36.4 Å². The van der Waals surface area contributed by atoms with Crippen molar-refractivity contribution in [2.24, 2.45) is 11.6 Å². The van der Waals surface area contributed by atoms with E-state index in [1.165, 1.54) is 11.9 Å². The summed E-state index contributed by atoms with van der Waals surface area (Å²) in [4.78, 5) is 3.48. The average molecular weight is 320 g/mol. The van der Waals surface area contributed by atoms with Gasteiger partial charge in [0.2, 0.25) is 0 Å². The first-order valence-electron chi connectivity index (χ1n) is 8.05. The fourth-order valence-electron chi connectivity index (χ4n) is 2.74. The second kappa shape index (κ2) is 6.06. The van der Waals surface area contributed by atoms with E-state index in [0.29, 0.717) is 0 Å². The molecule has 1 aromatic heterocycles. The Morgan fingerprint density at radius 3 is 2.38 bits per heavy atom. The number of aromatic amines is 1. The third kappa shape index (κ3) is 3.01. The van der Waals surface area contributed by atoms with Gasteiger partial charge >= 0.3 is 0 Å². The molecule has 124 valence electrons. The van der Waals surface area contributed by atoms with Crippen LogP contribution >= 0.6 is 0 Å². The fraction of sp³-hybridized carbons (Fsp3) is 0.200. The van der Waals surface area contributed by atoms with Gasteiger partial charge in [0.1, 0.15) is 0 Å². The number of H-pyrrole nitrogens is 1. The number of hydrogen-bond acceptors (Lipinski definition) is 3. The number of hydrazine groups is 1. The fourth-order valence-corrected chi connectivity index (χ4v) is 2.74. The van der Waals surface area contributed by atoms with Crippen LogP contribution in [0.3, 0.4) is 0 Å². The Morgan fingerprint density at radius 2 is 1.75 bits per heavy atom. The second-order valence-corrected chi connectivity index (χ2v) is 6.99. The molecule has 1 heterocycles. The van der Waals surface area contributed by atoms with Crippen molar-refractivity contribution in [1.29, 1.82) is 0 Å². The van der Waals surface area contributed by atoms with Gasteiger partial charge < -0.3 is 10.7 Å². The smallest absolute Gasteiger partial charge is 0.0801 e. The first-order valence-corrected chi connectivity index (χ1v) is 8.05. The molecule has 24 heavy (non-hydrogen) atoms. The summed E-state index contributed by atoms with van der Waals surface area (Å²) in [6.07, 6.45) is 1.54. The van der Waals surface area contributed by atoms with Gasteiger partial charge in [-0.05, 0) is 24.3 Å². The highest BCUT2D eigenvalue weighted by Gasteiger charge is 2.17. The molecule has 0 saturated carbocycles. The van der Waals surface area contributed by atoms with E-state index in [0.717, 1.165) is 27.9 Å². The van der Waals surface area contributed by atoms with Crippen LogP contribution in [0.4, 0.5) is 5.69 Å². The van der Waals surface area contributed by atoms with Gasteiger partial charge in [-0.15, -0.1) is 0 Å². The predicted molar refractivity (Wildman–Crippen MR) is 102 cm³/mol. The maximum atomic E-state index is 6.34. The third-order valence-electron chi connectivity index (χ3n) is 4.18. The van der Waals surface area contributed by atoms with Gasteiger partial charge in [0, 0.05) is 33.8 Å². The molecular formula is C20H24N4. The highest BCUT2D eigenvalue weighted by Crippen LogP contribution is 2.30. The molecule has 0 amide bonds. The van der Waals surface area contributed by atoms with Gasteiger partial charge in [0.15, 0.2) is 0 Å². The lowest BCUT2D eigenvalue weighted by atomic mass is 9.92. The van der Waals surface area contributed by atoms with Gasteiger partial charge in [0.25, 0.3) is 0 Å². The van der Waals surface area contributed by atoms with Gasteiger partial charge in [-0.25, -0.2) is 5.84 Å². The van der Waals surface area contributed by atoms with Crippen LogP contribution in [0.2, 0.25) is 0 Å². The number of aromatic nitrogens is 1. The maximum absolute atomic E-state index is 6.34. The lowest BCUT2D eigenvalue weighted by Crippen LogP contribution is -2.29. The van der Waals surface area contributed by atoms with Crippen molar-refractivity contribution in [3.63, 3.8) is 0 Å². The Labute approximate surface area is 142 Å². The first kappa shape index (κ1) is 16.1. The Hall–Kier alpha value is -2.72. The summed E-state index contributed by atoms with van der Waals surface area (Å²) in [6, 6.07) is 18.2. The van der Waals surface area contributed by atoms with Gasteiger partial charge in [-0.3, -0.25) is 5.01 Å². The van der Waals surface area contributed by atoms with E-state index in [4.69, 9.17) is 11.6 Å². The van der Waals surface area contributed by atoms with Gasteiger partial charge in [-0.1, -0.05) is 51.1 Å². The molecule has 5 N–H and O–H groups in total. The van der Waals surface area contributed by atoms with Gasteiger partial charge in [0.05, 0.1) is 11.4 Å². The first-order chi connectivity index (χ1) is 11.4. The number of anilines is 1. The van der Waals surface area contributed by atoms with Crippen molar-refractivity contribution in [3.05, 3.63) is 72.1 Å². The largest absolute Gasteiger partial charge is 0.403 e. The van der Waals surface area contributed by atoms with Crippen LogP contribution in [-0.4, -0.2) is 4.98 Å². The van der Waals surface area contributed by atoms with Gasteiger partial charge in [-0.2, -0.15) is 0 Å². The summed E-state index contributed by atoms with van der Waals surface area (Å²) in [7, 11) is 0. The molecule has 0 unspecified atom stereocenters. The summed E-state index contributed by atoms with van der Waals surface area (Å²) >= 11 is 0. The van der Waals surface area contributed by atoms with Crippen molar-refractivity contribution in [1.82, 2.24) is 4.98 Å². The van der Waals surface area contributed by atoms with E-state index in [-0.39, 0.29) is 5.41 Å². The Kier molecular flexibility index (Phi) is 4.08. The quantitative estimate of drug-likeness (QED) is 0.502. The molecule has 4 heteroatoms. The number of nitrogens with one attached hydrogen (secondary N) is 1. The molecule has 0 aliphatic heterocycles. The van der Waals surface area contributed by atoms with Crippen LogP contribution in [-0.2, 0) is 5.41 Å². The van der Waals surface area contributed by atoms with Crippen LogP contribution in [0.15, 0.2) is 60.8 Å². The molecule has 0 aliphatic carbocycles. The number of rotatable bonds is 3. The van der Waals surface area contributed by atoms with Crippen molar-refractivity contribution in [2.75, 3.05) is 5.01 Å². The summed E-state index contributed by atoms with van der Waals surface area (Å²) in [6.45, 7) is 6.58. The van der Waals surface area contributed by atoms with Crippen molar-refractivity contribution in [2.45, 2.75) is 26.2 Å². The van der Waals surface area contributed by atoms with Crippen molar-refractivity contribution < 1.29 is 0 Å². The minimum atomic E-state index is 0.0773. The maximum Gasteiger partial charge on any atom is 0.0801 e. The third-order valence-corrected chi connectivity index (χ3v) is 4.18. The lowest BCUT2D eigenvalue weighted by Gasteiger charge is -2.22. The van der Waals surface area contributed by atoms with E-state index in [2.05, 4.69) is 44.0 Å². The summed E-state index contributed by atoms with van der Waals surface area (Å²) in [5, 5.41) is 2.76.